The molecule has 122 valence electrons. The largest absolute Gasteiger partial charge is 0.448 e. The number of aromatic nitrogens is 1. The molecule has 1 aliphatic rings. The number of hydrogen-bond acceptors (Lipinski definition) is 6. The number of benzene rings is 1. The fourth-order valence-corrected chi connectivity index (χ4v) is 4.07. The van der Waals surface area contributed by atoms with Gasteiger partial charge in [0, 0.05) is 35.3 Å². The summed E-state index contributed by atoms with van der Waals surface area (Å²) in [6, 6.07) is 7.73. The van der Waals surface area contributed by atoms with Gasteiger partial charge in [-0.05, 0) is 12.5 Å². The second-order valence-electron chi connectivity index (χ2n) is 5.97. The number of nitrogens with two attached hydrogens (primary N) is 1. The molecule has 1 aliphatic heterocycles. The number of anilines is 1. The van der Waals surface area contributed by atoms with Gasteiger partial charge in [-0.25, -0.2) is 4.98 Å². The second-order valence-corrected chi connectivity index (χ2v) is 7.38. The zero-order valence-electron chi connectivity index (χ0n) is 12.7. The molecule has 23 heavy (non-hydrogen) atoms. The first-order valence-electron chi connectivity index (χ1n) is 7.34. The average Bonchev–Trinajstić information content (AvgIpc) is 3.16. The molecule has 2 atom stereocenters. The van der Waals surface area contributed by atoms with Crippen molar-refractivity contribution in [2.45, 2.75) is 19.6 Å². The van der Waals surface area contributed by atoms with Crippen molar-refractivity contribution in [1.29, 1.82) is 0 Å². The summed E-state index contributed by atoms with van der Waals surface area (Å²) in [5, 5.41) is 1.65. The predicted molar refractivity (Wildman–Crippen MR) is 92.6 cm³/mol. The summed E-state index contributed by atoms with van der Waals surface area (Å²) in [5.41, 5.74) is 6.69. The molecule has 0 saturated carbocycles. The van der Waals surface area contributed by atoms with E-state index in [1.807, 2.05) is 37.4 Å². The van der Waals surface area contributed by atoms with Crippen molar-refractivity contribution in [2.24, 2.45) is 11.1 Å². The van der Waals surface area contributed by atoms with Gasteiger partial charge >= 0.3 is 0 Å². The van der Waals surface area contributed by atoms with Crippen LogP contribution >= 0.6 is 22.9 Å². The van der Waals surface area contributed by atoms with Crippen molar-refractivity contribution in [2.75, 3.05) is 18.0 Å². The van der Waals surface area contributed by atoms with Gasteiger partial charge in [-0.3, -0.25) is 10.5 Å². The average molecular weight is 352 g/mol. The topological polar surface area (TPSA) is 68.5 Å². The maximum atomic E-state index is 10.5. The smallest absolute Gasteiger partial charge is 0.294 e. The number of nitrogens with zero attached hydrogens (tertiary/aromatic N) is 2. The van der Waals surface area contributed by atoms with E-state index in [1.54, 1.807) is 11.3 Å². The maximum Gasteiger partial charge on any atom is 0.294 e. The molecule has 1 fully saturated rings. The number of carbonyl (C=O) groups excluding carboxylic acids is 1. The summed E-state index contributed by atoms with van der Waals surface area (Å²) in [6.45, 7) is 3.99. The first kappa shape index (κ1) is 16.2. The van der Waals surface area contributed by atoms with Crippen molar-refractivity contribution >= 4 is 34.5 Å². The molecule has 2 heterocycles. The van der Waals surface area contributed by atoms with E-state index >= 15 is 0 Å². The zero-order chi connectivity index (χ0) is 16.4. The molecular weight excluding hydrogens is 334 g/mol. The van der Waals surface area contributed by atoms with Crippen LogP contribution in [-0.2, 0) is 9.53 Å². The van der Waals surface area contributed by atoms with Crippen LogP contribution < -0.4 is 10.6 Å². The Kier molecular flexibility index (Phi) is 4.57. The van der Waals surface area contributed by atoms with E-state index in [2.05, 4.69) is 9.88 Å². The molecule has 1 saturated heterocycles. The van der Waals surface area contributed by atoms with Crippen LogP contribution in [-0.4, -0.2) is 30.8 Å². The van der Waals surface area contributed by atoms with E-state index in [0.29, 0.717) is 13.0 Å². The molecule has 0 radical (unpaired) electrons. The lowest BCUT2D eigenvalue weighted by atomic mass is 9.88. The summed E-state index contributed by atoms with van der Waals surface area (Å²) in [5.74, 6) is 0. The van der Waals surface area contributed by atoms with Gasteiger partial charge in [0.25, 0.3) is 6.47 Å². The summed E-state index contributed by atoms with van der Waals surface area (Å²) < 4.78 is 4.94. The van der Waals surface area contributed by atoms with Crippen molar-refractivity contribution in [3.05, 3.63) is 35.5 Å². The number of ether oxygens (including phenoxy) is 1. The van der Waals surface area contributed by atoms with E-state index < -0.39 is 6.23 Å². The standard InChI is InChI=1S/C16H18ClN3O2S/c1-16(14(18)22-10-21)6-7-20(9-16)15-19-8-13(23-15)11-4-2-3-5-12(11)17/h2-5,8,10,14H,6-7,9,18H2,1H3. The Hall–Kier alpha value is -1.63. The molecule has 1 aromatic heterocycles. The quantitative estimate of drug-likeness (QED) is 0.662. The third-order valence-electron chi connectivity index (χ3n) is 4.30. The Morgan fingerprint density at radius 3 is 3.04 bits per heavy atom. The van der Waals surface area contributed by atoms with Gasteiger partial charge in [0.1, 0.15) is 0 Å². The molecule has 3 rings (SSSR count). The SMILES string of the molecule is CC1(C(N)OC=O)CCN(c2ncc(-c3ccccc3Cl)s2)C1. The van der Waals surface area contributed by atoms with Crippen LogP contribution in [0.2, 0.25) is 5.02 Å². The fraction of sp³-hybridized carbons (Fsp3) is 0.375. The third-order valence-corrected chi connectivity index (χ3v) is 5.72. The van der Waals surface area contributed by atoms with Gasteiger partial charge < -0.3 is 9.64 Å². The lowest BCUT2D eigenvalue weighted by Crippen LogP contribution is -2.43. The summed E-state index contributed by atoms with van der Waals surface area (Å²) in [7, 11) is 0. The molecule has 2 N–H and O–H groups in total. The third kappa shape index (κ3) is 3.20. The van der Waals surface area contributed by atoms with E-state index in [-0.39, 0.29) is 5.41 Å². The number of halogens is 1. The molecule has 1 aromatic carbocycles. The number of carbonyl (C=O) groups is 1. The second kappa shape index (κ2) is 6.47. The lowest BCUT2D eigenvalue weighted by molar-refractivity contribution is -0.138. The van der Waals surface area contributed by atoms with Crippen LogP contribution in [0.3, 0.4) is 0 Å². The molecular formula is C16H18ClN3O2S. The van der Waals surface area contributed by atoms with E-state index in [1.165, 1.54) is 0 Å². The van der Waals surface area contributed by atoms with E-state index in [9.17, 15) is 4.79 Å². The lowest BCUT2D eigenvalue weighted by Gasteiger charge is -2.29. The fourth-order valence-electron chi connectivity index (χ4n) is 2.80. The number of rotatable bonds is 5. The molecule has 0 bridgehead atoms. The van der Waals surface area contributed by atoms with Crippen molar-refractivity contribution in [3.8, 4) is 10.4 Å². The minimum Gasteiger partial charge on any atom is -0.448 e. The number of hydrogen-bond donors (Lipinski definition) is 1. The highest BCUT2D eigenvalue weighted by molar-refractivity contribution is 7.19. The normalized spacial score (nSPS) is 22.1. The van der Waals surface area contributed by atoms with Crippen molar-refractivity contribution in [3.63, 3.8) is 0 Å². The van der Waals surface area contributed by atoms with Gasteiger partial charge in [-0.1, -0.05) is 48.1 Å². The summed E-state index contributed by atoms with van der Waals surface area (Å²) >= 11 is 7.85. The Bertz CT molecular complexity index is 708. The Morgan fingerprint density at radius 1 is 1.52 bits per heavy atom. The van der Waals surface area contributed by atoms with Crippen LogP contribution in [0.1, 0.15) is 13.3 Å². The summed E-state index contributed by atoms with van der Waals surface area (Å²) in [4.78, 5) is 18.3. The molecule has 2 unspecified atom stereocenters. The molecule has 2 aromatic rings. The highest BCUT2D eigenvalue weighted by Gasteiger charge is 2.41. The van der Waals surface area contributed by atoms with Gasteiger partial charge in [0.05, 0.1) is 4.88 Å². The molecule has 7 heteroatoms. The Labute approximate surface area is 144 Å². The van der Waals surface area contributed by atoms with E-state index in [0.717, 1.165) is 33.6 Å². The van der Waals surface area contributed by atoms with Crippen LogP contribution in [0.4, 0.5) is 5.13 Å². The van der Waals surface area contributed by atoms with E-state index in [4.69, 9.17) is 22.1 Å². The van der Waals surface area contributed by atoms with Gasteiger partial charge in [-0.15, -0.1) is 0 Å². The maximum absolute atomic E-state index is 10.5. The van der Waals surface area contributed by atoms with Gasteiger partial charge in [0.15, 0.2) is 11.4 Å². The van der Waals surface area contributed by atoms with Crippen molar-refractivity contribution in [1.82, 2.24) is 4.98 Å². The number of thiazole rings is 1. The molecule has 5 nitrogen and oxygen atoms in total. The Morgan fingerprint density at radius 2 is 2.30 bits per heavy atom. The first-order valence-corrected chi connectivity index (χ1v) is 8.53. The molecule has 0 aliphatic carbocycles. The van der Waals surface area contributed by atoms with Crippen molar-refractivity contribution < 1.29 is 9.53 Å². The predicted octanol–water partition coefficient (Wildman–Crippen LogP) is 3.14. The highest BCUT2D eigenvalue weighted by Crippen LogP contribution is 2.40. The van der Waals surface area contributed by atoms with Crippen LogP contribution in [0.5, 0.6) is 0 Å². The zero-order valence-corrected chi connectivity index (χ0v) is 14.3. The van der Waals surface area contributed by atoms with Crippen LogP contribution in [0.25, 0.3) is 10.4 Å². The Balaban J connectivity index is 1.77. The summed E-state index contributed by atoms with van der Waals surface area (Å²) in [6.07, 6.45) is 2.09. The van der Waals surface area contributed by atoms with Gasteiger partial charge in [0.2, 0.25) is 0 Å². The molecule has 0 amide bonds. The minimum atomic E-state index is -0.604. The first-order chi connectivity index (χ1) is 11.0. The van der Waals surface area contributed by atoms with Crippen LogP contribution in [0, 0.1) is 5.41 Å². The minimum absolute atomic E-state index is 0.267. The van der Waals surface area contributed by atoms with Crippen LogP contribution in [0.15, 0.2) is 30.5 Å². The highest BCUT2D eigenvalue weighted by atomic mass is 35.5. The molecule has 0 spiro atoms. The van der Waals surface area contributed by atoms with Gasteiger partial charge in [-0.2, -0.15) is 0 Å². The monoisotopic (exact) mass is 351 g/mol.